The van der Waals surface area contributed by atoms with Gasteiger partial charge in [-0.15, -0.1) is 0 Å². The van der Waals surface area contributed by atoms with Gasteiger partial charge in [0.25, 0.3) is 0 Å². The average molecular weight is 342 g/mol. The topological polar surface area (TPSA) is 47.3 Å². The van der Waals surface area contributed by atoms with Gasteiger partial charge in [-0.3, -0.25) is 4.79 Å². The van der Waals surface area contributed by atoms with Gasteiger partial charge in [-0.1, -0.05) is 24.6 Å². The molecule has 2 fully saturated rings. The molecular weight excluding hydrogens is 320 g/mol. The summed E-state index contributed by atoms with van der Waals surface area (Å²) in [6.07, 6.45) is 5.04. The zero-order valence-electron chi connectivity index (χ0n) is 14.0. The number of ketones is 1. The van der Waals surface area contributed by atoms with Crippen LogP contribution in [0, 0.1) is 30.6 Å². The molecule has 2 bridgehead atoms. The van der Waals surface area contributed by atoms with E-state index in [2.05, 4.69) is 6.92 Å². The summed E-state index contributed by atoms with van der Waals surface area (Å²) in [6, 6.07) is 9.26. The molecule has 126 valence electrons. The summed E-state index contributed by atoms with van der Waals surface area (Å²) >= 11 is 0. The van der Waals surface area contributed by atoms with Crippen LogP contribution in [0.25, 0.3) is 0 Å². The van der Waals surface area contributed by atoms with Crippen LogP contribution in [0.3, 0.4) is 0 Å². The lowest BCUT2D eigenvalue weighted by Gasteiger charge is -2.26. The SMILES string of the molecule is Cc1ccc(S(=O)c2ccoc2C(=O)[C@@H]2[C@@H]3CC[C@@H](C3)[C@H]2C)cc1. The number of carbonyl (C=O) groups is 1. The molecule has 1 aromatic heterocycles. The van der Waals surface area contributed by atoms with Crippen LogP contribution >= 0.6 is 0 Å². The van der Waals surface area contributed by atoms with Gasteiger partial charge in [-0.2, -0.15) is 0 Å². The van der Waals surface area contributed by atoms with Crippen LogP contribution in [-0.2, 0) is 10.8 Å². The van der Waals surface area contributed by atoms with Crippen molar-refractivity contribution >= 4 is 16.6 Å². The smallest absolute Gasteiger partial charge is 0.202 e. The van der Waals surface area contributed by atoms with Gasteiger partial charge in [0.05, 0.1) is 22.0 Å². The first-order chi connectivity index (χ1) is 11.6. The molecule has 0 N–H and O–H groups in total. The number of Topliss-reactive ketones (excluding diaryl/α,β-unsaturated/α-hetero) is 1. The van der Waals surface area contributed by atoms with Crippen LogP contribution in [0.5, 0.6) is 0 Å². The quantitative estimate of drug-likeness (QED) is 0.762. The molecule has 0 amide bonds. The second-order valence-electron chi connectivity index (χ2n) is 7.28. The molecule has 4 heteroatoms. The van der Waals surface area contributed by atoms with Crippen LogP contribution in [-0.4, -0.2) is 9.99 Å². The van der Waals surface area contributed by atoms with Crippen molar-refractivity contribution in [2.75, 3.05) is 0 Å². The van der Waals surface area contributed by atoms with Gasteiger partial charge in [0.2, 0.25) is 5.78 Å². The zero-order chi connectivity index (χ0) is 16.8. The lowest BCUT2D eigenvalue weighted by molar-refractivity contribution is 0.0787. The normalized spacial score (nSPS) is 29.8. The van der Waals surface area contributed by atoms with Crippen molar-refractivity contribution in [3.8, 4) is 0 Å². The first kappa shape index (κ1) is 15.8. The maximum absolute atomic E-state index is 13.1. The second kappa shape index (κ2) is 5.99. The molecule has 2 aliphatic rings. The third-order valence-electron chi connectivity index (χ3n) is 5.92. The van der Waals surface area contributed by atoms with E-state index in [9.17, 15) is 9.00 Å². The molecular formula is C20H22O3S. The zero-order valence-corrected chi connectivity index (χ0v) is 14.8. The summed E-state index contributed by atoms with van der Waals surface area (Å²) in [5, 5.41) is 0. The molecule has 0 radical (unpaired) electrons. The third kappa shape index (κ3) is 2.48. The van der Waals surface area contributed by atoms with Crippen molar-refractivity contribution in [3.05, 3.63) is 47.9 Å². The maximum atomic E-state index is 13.1. The molecule has 2 aliphatic carbocycles. The lowest BCUT2D eigenvalue weighted by Crippen LogP contribution is -2.28. The summed E-state index contributed by atoms with van der Waals surface area (Å²) in [6.45, 7) is 4.18. The number of fused-ring (bicyclic) bond motifs is 2. The Labute approximate surface area is 144 Å². The second-order valence-corrected chi connectivity index (χ2v) is 8.73. The molecule has 0 aliphatic heterocycles. The monoisotopic (exact) mass is 342 g/mol. The molecule has 1 unspecified atom stereocenters. The van der Waals surface area contributed by atoms with Crippen molar-refractivity contribution in [3.63, 3.8) is 0 Å². The predicted octanol–water partition coefficient (Wildman–Crippen LogP) is 4.62. The Morgan fingerprint density at radius 2 is 1.83 bits per heavy atom. The highest BCUT2D eigenvalue weighted by atomic mass is 32.2. The fourth-order valence-corrected chi connectivity index (χ4v) is 5.73. The molecule has 0 spiro atoms. The number of furan rings is 1. The van der Waals surface area contributed by atoms with Crippen molar-refractivity contribution in [1.29, 1.82) is 0 Å². The van der Waals surface area contributed by atoms with Gasteiger partial charge in [-0.05, 0) is 62.1 Å². The Balaban J connectivity index is 1.64. The van der Waals surface area contributed by atoms with E-state index >= 15 is 0 Å². The van der Waals surface area contributed by atoms with Crippen molar-refractivity contribution in [2.24, 2.45) is 23.7 Å². The summed E-state index contributed by atoms with van der Waals surface area (Å²) in [5.74, 6) is 1.94. The van der Waals surface area contributed by atoms with Crippen LogP contribution in [0.2, 0.25) is 0 Å². The number of carbonyl (C=O) groups excluding carboxylic acids is 1. The van der Waals surface area contributed by atoms with Crippen LogP contribution in [0.1, 0.15) is 42.3 Å². The molecule has 1 aromatic carbocycles. The highest BCUT2D eigenvalue weighted by molar-refractivity contribution is 7.85. The van der Waals surface area contributed by atoms with Crippen molar-refractivity contribution < 1.29 is 13.4 Å². The minimum atomic E-state index is -1.38. The molecule has 3 nitrogen and oxygen atoms in total. The van der Waals surface area contributed by atoms with Crippen molar-refractivity contribution in [2.45, 2.75) is 42.9 Å². The number of aryl methyl sites for hydroxylation is 1. The van der Waals surface area contributed by atoms with Gasteiger partial charge in [-0.25, -0.2) is 4.21 Å². The first-order valence-corrected chi connectivity index (χ1v) is 9.81. The van der Waals surface area contributed by atoms with Crippen LogP contribution in [0.4, 0.5) is 0 Å². The maximum Gasteiger partial charge on any atom is 0.202 e. The van der Waals surface area contributed by atoms with Crippen LogP contribution < -0.4 is 0 Å². The molecule has 0 saturated heterocycles. The van der Waals surface area contributed by atoms with Gasteiger partial charge in [0.15, 0.2) is 5.76 Å². The van der Waals surface area contributed by atoms with E-state index in [1.54, 1.807) is 6.07 Å². The molecule has 24 heavy (non-hydrogen) atoms. The van der Waals surface area contributed by atoms with E-state index in [1.165, 1.54) is 12.7 Å². The summed E-state index contributed by atoms with van der Waals surface area (Å²) in [4.78, 5) is 14.3. The molecule has 1 heterocycles. The van der Waals surface area contributed by atoms with Gasteiger partial charge in [0, 0.05) is 10.8 Å². The number of hydrogen-bond donors (Lipinski definition) is 0. The summed E-state index contributed by atoms with van der Waals surface area (Å²) in [7, 11) is -1.38. The lowest BCUT2D eigenvalue weighted by atomic mass is 9.77. The highest BCUT2D eigenvalue weighted by Gasteiger charge is 2.49. The molecule has 5 atom stereocenters. The van der Waals surface area contributed by atoms with Gasteiger partial charge in [0.1, 0.15) is 0 Å². The Bertz CT molecular complexity index is 787. The van der Waals surface area contributed by atoms with Crippen molar-refractivity contribution in [1.82, 2.24) is 0 Å². The Morgan fingerprint density at radius 3 is 2.50 bits per heavy atom. The Morgan fingerprint density at radius 1 is 1.12 bits per heavy atom. The number of hydrogen-bond acceptors (Lipinski definition) is 3. The van der Waals surface area contributed by atoms with Gasteiger partial charge >= 0.3 is 0 Å². The average Bonchev–Trinajstić information content (AvgIpc) is 3.30. The van der Waals surface area contributed by atoms with E-state index in [0.29, 0.717) is 33.3 Å². The van der Waals surface area contributed by atoms with Crippen LogP contribution in [0.15, 0.2) is 50.8 Å². The van der Waals surface area contributed by atoms with E-state index < -0.39 is 10.8 Å². The Hall–Kier alpha value is -1.68. The summed E-state index contributed by atoms with van der Waals surface area (Å²) in [5.41, 5.74) is 1.12. The van der Waals surface area contributed by atoms with E-state index in [0.717, 1.165) is 18.4 Å². The first-order valence-electron chi connectivity index (χ1n) is 8.66. The van der Waals surface area contributed by atoms with E-state index in [4.69, 9.17) is 4.42 Å². The fourth-order valence-electron chi connectivity index (χ4n) is 4.60. The van der Waals surface area contributed by atoms with E-state index in [-0.39, 0.29) is 11.7 Å². The Kier molecular flexibility index (Phi) is 3.95. The fraction of sp³-hybridized carbons (Fsp3) is 0.450. The van der Waals surface area contributed by atoms with Gasteiger partial charge < -0.3 is 4.42 Å². The minimum absolute atomic E-state index is 0.0312. The number of rotatable bonds is 4. The molecule has 2 aromatic rings. The number of benzene rings is 1. The van der Waals surface area contributed by atoms with E-state index in [1.807, 2.05) is 31.2 Å². The molecule has 2 saturated carbocycles. The predicted molar refractivity (Wildman–Crippen MR) is 92.4 cm³/mol. The summed E-state index contributed by atoms with van der Waals surface area (Å²) < 4.78 is 18.4. The third-order valence-corrected chi connectivity index (χ3v) is 7.34. The molecule has 4 rings (SSSR count). The minimum Gasteiger partial charge on any atom is -0.460 e. The largest absolute Gasteiger partial charge is 0.460 e. The highest BCUT2D eigenvalue weighted by Crippen LogP contribution is 2.53. The standard InChI is InChI=1S/C20H22O3S/c1-12-3-7-16(8-4-12)24(22)17-9-10-23-20(17)19(21)18-13(2)14-5-6-15(18)11-14/h3-4,7-10,13-15,18H,5-6,11H2,1-2H3/t13-,14+,15-,18+,24?/m1/s1.